The molecule has 0 aliphatic heterocycles. The van der Waals surface area contributed by atoms with E-state index in [0.29, 0.717) is 13.0 Å². The summed E-state index contributed by atoms with van der Waals surface area (Å²) in [5, 5.41) is 3.17. The van der Waals surface area contributed by atoms with Crippen molar-refractivity contribution in [2.45, 2.75) is 6.42 Å². The van der Waals surface area contributed by atoms with Gasteiger partial charge in [-0.2, -0.15) is 0 Å². The van der Waals surface area contributed by atoms with Crippen LogP contribution < -0.4 is 11.1 Å². The summed E-state index contributed by atoms with van der Waals surface area (Å²) in [7, 11) is 0. The summed E-state index contributed by atoms with van der Waals surface area (Å²) in [6, 6.07) is 5.58. The predicted molar refractivity (Wildman–Crippen MR) is 62.3 cm³/mol. The summed E-state index contributed by atoms with van der Waals surface area (Å²) >= 11 is 0. The topological polar surface area (TPSA) is 76.7 Å². The maximum atomic E-state index is 5.45. The molecule has 0 fully saturated rings. The van der Waals surface area contributed by atoms with Crippen molar-refractivity contribution in [1.29, 1.82) is 0 Å². The molecule has 0 atom stereocenters. The molecule has 82 valence electrons. The van der Waals surface area contributed by atoms with Crippen molar-refractivity contribution in [3.8, 4) is 0 Å². The maximum absolute atomic E-state index is 5.45. The third-order valence-electron chi connectivity index (χ3n) is 2.03. The Hall–Kier alpha value is -2.01. The number of aromatic nitrogens is 3. The average Bonchev–Trinajstić information content (AvgIpc) is 2.31. The molecular weight excluding hydrogens is 202 g/mol. The van der Waals surface area contributed by atoms with E-state index in [0.717, 1.165) is 17.3 Å². The lowest BCUT2D eigenvalue weighted by Gasteiger charge is -2.05. The van der Waals surface area contributed by atoms with E-state index in [1.807, 2.05) is 18.2 Å². The Labute approximate surface area is 93.8 Å². The van der Waals surface area contributed by atoms with Gasteiger partial charge in [-0.3, -0.25) is 4.98 Å². The predicted octanol–water partition coefficient (Wildman–Crippen LogP) is 1.12. The van der Waals surface area contributed by atoms with E-state index in [1.54, 1.807) is 18.6 Å². The summed E-state index contributed by atoms with van der Waals surface area (Å²) < 4.78 is 0. The van der Waals surface area contributed by atoms with Gasteiger partial charge in [-0.05, 0) is 24.7 Å². The first-order valence-electron chi connectivity index (χ1n) is 5.07. The fourth-order valence-corrected chi connectivity index (χ4v) is 1.30. The summed E-state index contributed by atoms with van der Waals surface area (Å²) in [6.45, 7) is 0.554. The summed E-state index contributed by atoms with van der Waals surface area (Å²) in [6.07, 6.45) is 5.86. The summed E-state index contributed by atoms with van der Waals surface area (Å²) in [5.74, 6) is 1.52. The molecule has 0 saturated carbocycles. The minimum absolute atomic E-state index is 0.554. The second-order valence-electron chi connectivity index (χ2n) is 3.26. The van der Waals surface area contributed by atoms with E-state index in [9.17, 15) is 0 Å². The van der Waals surface area contributed by atoms with Gasteiger partial charge < -0.3 is 11.1 Å². The standard InChI is InChI=1S/C11H13N5/c12-5-1-10-14-8-4-11(16-10)15-9-2-6-13-7-3-9/h2-4,6-8H,1,5,12H2,(H,13,14,15,16). The van der Waals surface area contributed by atoms with Crippen LogP contribution >= 0.6 is 0 Å². The molecule has 2 aromatic rings. The van der Waals surface area contributed by atoms with Gasteiger partial charge >= 0.3 is 0 Å². The lowest BCUT2D eigenvalue weighted by atomic mass is 10.4. The third kappa shape index (κ3) is 2.74. The Kier molecular flexibility index (Phi) is 3.40. The fraction of sp³-hybridized carbons (Fsp3) is 0.182. The quantitative estimate of drug-likeness (QED) is 0.799. The highest BCUT2D eigenvalue weighted by molar-refractivity contribution is 5.54. The highest BCUT2D eigenvalue weighted by atomic mass is 15.0. The summed E-state index contributed by atoms with van der Waals surface area (Å²) in [5.41, 5.74) is 6.41. The maximum Gasteiger partial charge on any atom is 0.134 e. The van der Waals surface area contributed by atoms with E-state index in [-0.39, 0.29) is 0 Å². The molecule has 2 heterocycles. The summed E-state index contributed by atoms with van der Waals surface area (Å²) in [4.78, 5) is 12.4. The van der Waals surface area contributed by atoms with Crippen LogP contribution in [0.15, 0.2) is 36.8 Å². The van der Waals surface area contributed by atoms with E-state index < -0.39 is 0 Å². The van der Waals surface area contributed by atoms with Gasteiger partial charge in [0.05, 0.1) is 0 Å². The fourth-order valence-electron chi connectivity index (χ4n) is 1.30. The minimum atomic E-state index is 0.554. The molecule has 5 nitrogen and oxygen atoms in total. The Morgan fingerprint density at radius 3 is 2.69 bits per heavy atom. The average molecular weight is 215 g/mol. The number of pyridine rings is 1. The Morgan fingerprint density at radius 1 is 1.12 bits per heavy atom. The largest absolute Gasteiger partial charge is 0.340 e. The lowest BCUT2D eigenvalue weighted by Crippen LogP contribution is -2.07. The smallest absolute Gasteiger partial charge is 0.134 e. The van der Waals surface area contributed by atoms with Crippen molar-refractivity contribution >= 4 is 11.5 Å². The molecule has 0 saturated heterocycles. The Balaban J connectivity index is 2.12. The molecule has 5 heteroatoms. The minimum Gasteiger partial charge on any atom is -0.340 e. The zero-order chi connectivity index (χ0) is 11.2. The Morgan fingerprint density at radius 2 is 1.94 bits per heavy atom. The van der Waals surface area contributed by atoms with E-state index in [1.165, 1.54) is 0 Å². The number of nitrogens with one attached hydrogen (secondary N) is 1. The third-order valence-corrected chi connectivity index (χ3v) is 2.03. The van der Waals surface area contributed by atoms with Crippen molar-refractivity contribution in [2.24, 2.45) is 5.73 Å². The lowest BCUT2D eigenvalue weighted by molar-refractivity contribution is 0.870. The van der Waals surface area contributed by atoms with Gasteiger partial charge in [0.25, 0.3) is 0 Å². The SMILES string of the molecule is NCCc1nccc(Nc2ccncc2)n1. The highest BCUT2D eigenvalue weighted by Gasteiger charge is 1.98. The van der Waals surface area contributed by atoms with Crippen LogP contribution in [0.3, 0.4) is 0 Å². The monoisotopic (exact) mass is 215 g/mol. The van der Waals surface area contributed by atoms with E-state index >= 15 is 0 Å². The van der Waals surface area contributed by atoms with Crippen LogP contribution in [0, 0.1) is 0 Å². The van der Waals surface area contributed by atoms with Crippen LogP contribution in [-0.4, -0.2) is 21.5 Å². The van der Waals surface area contributed by atoms with Crippen molar-refractivity contribution in [2.75, 3.05) is 11.9 Å². The molecule has 0 amide bonds. The van der Waals surface area contributed by atoms with Gasteiger partial charge in [-0.1, -0.05) is 0 Å². The number of nitrogens with two attached hydrogens (primary N) is 1. The molecule has 16 heavy (non-hydrogen) atoms. The molecular formula is C11H13N5. The molecule has 0 radical (unpaired) electrons. The van der Waals surface area contributed by atoms with E-state index in [2.05, 4.69) is 20.3 Å². The van der Waals surface area contributed by atoms with Crippen LogP contribution in [0.4, 0.5) is 11.5 Å². The molecule has 0 spiro atoms. The van der Waals surface area contributed by atoms with E-state index in [4.69, 9.17) is 5.73 Å². The van der Waals surface area contributed by atoms with Crippen molar-refractivity contribution in [1.82, 2.24) is 15.0 Å². The van der Waals surface area contributed by atoms with Crippen LogP contribution in [0.1, 0.15) is 5.82 Å². The van der Waals surface area contributed by atoms with Crippen molar-refractivity contribution < 1.29 is 0 Å². The molecule has 2 rings (SSSR count). The zero-order valence-corrected chi connectivity index (χ0v) is 8.80. The zero-order valence-electron chi connectivity index (χ0n) is 8.80. The van der Waals surface area contributed by atoms with Crippen LogP contribution in [-0.2, 0) is 6.42 Å². The Bertz CT molecular complexity index is 443. The number of nitrogens with zero attached hydrogens (tertiary/aromatic N) is 3. The molecule has 0 aromatic carbocycles. The first kappa shape index (κ1) is 10.5. The van der Waals surface area contributed by atoms with Crippen molar-refractivity contribution in [3.63, 3.8) is 0 Å². The number of anilines is 2. The normalized spacial score (nSPS) is 10.1. The molecule has 2 aromatic heterocycles. The number of hydrogen-bond donors (Lipinski definition) is 2. The second kappa shape index (κ2) is 5.18. The van der Waals surface area contributed by atoms with Crippen LogP contribution in [0.5, 0.6) is 0 Å². The number of rotatable bonds is 4. The van der Waals surface area contributed by atoms with Gasteiger partial charge in [0.15, 0.2) is 0 Å². The van der Waals surface area contributed by atoms with Gasteiger partial charge in [-0.15, -0.1) is 0 Å². The van der Waals surface area contributed by atoms with Crippen LogP contribution in [0.2, 0.25) is 0 Å². The van der Waals surface area contributed by atoms with Gasteiger partial charge in [0, 0.05) is 30.7 Å². The first-order chi connectivity index (χ1) is 7.88. The first-order valence-corrected chi connectivity index (χ1v) is 5.07. The van der Waals surface area contributed by atoms with Crippen molar-refractivity contribution in [3.05, 3.63) is 42.6 Å². The van der Waals surface area contributed by atoms with Gasteiger partial charge in [-0.25, -0.2) is 9.97 Å². The molecule has 3 N–H and O–H groups in total. The molecule has 0 aliphatic carbocycles. The number of hydrogen-bond acceptors (Lipinski definition) is 5. The van der Waals surface area contributed by atoms with Gasteiger partial charge in [0.1, 0.15) is 11.6 Å². The van der Waals surface area contributed by atoms with Crippen LogP contribution in [0.25, 0.3) is 0 Å². The molecule has 0 aliphatic rings. The highest BCUT2D eigenvalue weighted by Crippen LogP contribution is 2.12. The van der Waals surface area contributed by atoms with Gasteiger partial charge in [0.2, 0.25) is 0 Å². The molecule has 0 bridgehead atoms. The second-order valence-corrected chi connectivity index (χ2v) is 3.26. The molecule has 0 unspecified atom stereocenters.